The van der Waals surface area contributed by atoms with Gasteiger partial charge in [-0.3, -0.25) is 0 Å². The molecule has 0 unspecified atom stereocenters. The Morgan fingerprint density at radius 3 is 2.56 bits per heavy atom. The molecule has 0 saturated heterocycles. The molecule has 5 heteroatoms. The largest absolute Gasteiger partial charge is 0.473 e. The lowest BCUT2D eigenvalue weighted by Gasteiger charge is -2.11. The van der Waals surface area contributed by atoms with Crippen LogP contribution in [0.3, 0.4) is 0 Å². The van der Waals surface area contributed by atoms with Crippen LogP contribution < -0.4 is 15.4 Å². The van der Waals surface area contributed by atoms with Gasteiger partial charge in [0.2, 0.25) is 0 Å². The maximum absolute atomic E-state index is 11.2. The van der Waals surface area contributed by atoms with E-state index in [1.54, 1.807) is 24.3 Å². The van der Waals surface area contributed by atoms with Gasteiger partial charge in [-0.05, 0) is 38.1 Å². The number of halogens is 1. The van der Waals surface area contributed by atoms with E-state index < -0.39 is 0 Å². The number of rotatable bonds is 4. The standard InChI is InChI=1S/C11H15ClN2O2/c1-8(2)14-11(15)13-7-16-10-5-3-9(12)4-6-10/h3-6,8H,7H2,1-2H3,(H2,13,14,15). The molecule has 0 spiro atoms. The topological polar surface area (TPSA) is 50.4 Å². The van der Waals surface area contributed by atoms with Gasteiger partial charge in [-0.2, -0.15) is 0 Å². The lowest BCUT2D eigenvalue weighted by atomic mass is 10.3. The molecule has 0 aliphatic heterocycles. The molecule has 0 aromatic heterocycles. The second-order valence-corrected chi connectivity index (χ2v) is 3.98. The van der Waals surface area contributed by atoms with Crippen LogP contribution in [0, 0.1) is 0 Å². The Morgan fingerprint density at radius 1 is 1.38 bits per heavy atom. The summed E-state index contributed by atoms with van der Waals surface area (Å²) in [4.78, 5) is 11.2. The van der Waals surface area contributed by atoms with E-state index in [9.17, 15) is 4.79 Å². The highest BCUT2D eigenvalue weighted by Gasteiger charge is 2.01. The molecule has 0 bridgehead atoms. The highest BCUT2D eigenvalue weighted by Crippen LogP contribution is 2.14. The molecule has 2 N–H and O–H groups in total. The summed E-state index contributed by atoms with van der Waals surface area (Å²) in [6.07, 6.45) is 0. The minimum absolute atomic E-state index is 0.107. The fourth-order valence-corrected chi connectivity index (χ4v) is 1.15. The molecule has 88 valence electrons. The molecular formula is C11H15ClN2O2. The molecule has 1 rings (SSSR count). The molecule has 1 aromatic rings. The molecule has 2 amide bonds. The summed E-state index contributed by atoms with van der Waals surface area (Å²) in [5.74, 6) is 0.661. The molecular weight excluding hydrogens is 228 g/mol. The smallest absolute Gasteiger partial charge is 0.317 e. The molecule has 1 aromatic carbocycles. The first-order valence-corrected chi connectivity index (χ1v) is 5.38. The highest BCUT2D eigenvalue weighted by molar-refractivity contribution is 6.30. The summed E-state index contributed by atoms with van der Waals surface area (Å²) < 4.78 is 5.28. The molecule has 0 fully saturated rings. The van der Waals surface area contributed by atoms with Crippen LogP contribution in [0.15, 0.2) is 24.3 Å². The first-order valence-electron chi connectivity index (χ1n) is 5.00. The van der Waals surface area contributed by atoms with Crippen molar-refractivity contribution >= 4 is 17.6 Å². The molecule has 0 aliphatic rings. The van der Waals surface area contributed by atoms with Crippen LogP contribution in [-0.4, -0.2) is 18.8 Å². The van der Waals surface area contributed by atoms with E-state index in [2.05, 4.69) is 10.6 Å². The fourth-order valence-electron chi connectivity index (χ4n) is 1.03. The van der Waals surface area contributed by atoms with E-state index in [0.717, 1.165) is 0 Å². The molecule has 0 saturated carbocycles. The Morgan fingerprint density at radius 2 is 2.00 bits per heavy atom. The van der Waals surface area contributed by atoms with Gasteiger partial charge >= 0.3 is 6.03 Å². The average Bonchev–Trinajstić information content (AvgIpc) is 2.20. The van der Waals surface area contributed by atoms with Crippen LogP contribution in [0.1, 0.15) is 13.8 Å². The summed E-state index contributed by atoms with van der Waals surface area (Å²) in [6, 6.07) is 6.80. The third-order valence-electron chi connectivity index (χ3n) is 1.70. The van der Waals surface area contributed by atoms with E-state index >= 15 is 0 Å². The van der Waals surface area contributed by atoms with Crippen molar-refractivity contribution in [3.8, 4) is 5.75 Å². The number of ether oxygens (including phenoxy) is 1. The van der Waals surface area contributed by atoms with Gasteiger partial charge in [-0.1, -0.05) is 11.6 Å². The Balaban J connectivity index is 2.25. The first-order chi connectivity index (χ1) is 7.58. The van der Waals surface area contributed by atoms with E-state index in [1.807, 2.05) is 13.8 Å². The van der Waals surface area contributed by atoms with Crippen molar-refractivity contribution in [2.75, 3.05) is 6.73 Å². The zero-order valence-corrected chi connectivity index (χ0v) is 10.0. The number of urea groups is 1. The van der Waals surface area contributed by atoms with E-state index in [1.165, 1.54) is 0 Å². The Labute approximate surface area is 99.9 Å². The van der Waals surface area contributed by atoms with Crippen molar-refractivity contribution in [1.29, 1.82) is 0 Å². The van der Waals surface area contributed by atoms with Gasteiger partial charge in [-0.25, -0.2) is 4.79 Å². The normalized spacial score (nSPS) is 10.0. The Kier molecular flexibility index (Phi) is 4.92. The Hall–Kier alpha value is -1.42. The predicted octanol–water partition coefficient (Wildman–Crippen LogP) is 2.38. The minimum Gasteiger partial charge on any atom is -0.473 e. The minimum atomic E-state index is -0.246. The number of nitrogens with one attached hydrogen (secondary N) is 2. The third kappa shape index (κ3) is 4.89. The van der Waals surface area contributed by atoms with Crippen LogP contribution >= 0.6 is 11.6 Å². The fraction of sp³-hybridized carbons (Fsp3) is 0.364. The predicted molar refractivity (Wildman–Crippen MR) is 63.8 cm³/mol. The van der Waals surface area contributed by atoms with E-state index in [4.69, 9.17) is 16.3 Å². The van der Waals surface area contributed by atoms with Crippen molar-refractivity contribution in [2.45, 2.75) is 19.9 Å². The summed E-state index contributed by atoms with van der Waals surface area (Å²) in [5.41, 5.74) is 0. The quantitative estimate of drug-likeness (QED) is 0.797. The summed E-state index contributed by atoms with van der Waals surface area (Å²) in [5, 5.41) is 5.91. The summed E-state index contributed by atoms with van der Waals surface area (Å²) in [6.45, 7) is 3.90. The third-order valence-corrected chi connectivity index (χ3v) is 1.96. The Bertz CT molecular complexity index is 338. The molecule has 0 atom stereocenters. The second kappa shape index (κ2) is 6.23. The number of hydrogen-bond donors (Lipinski definition) is 2. The lowest BCUT2D eigenvalue weighted by Crippen LogP contribution is -2.41. The van der Waals surface area contributed by atoms with Crippen molar-refractivity contribution < 1.29 is 9.53 Å². The van der Waals surface area contributed by atoms with Crippen LogP contribution in [0.5, 0.6) is 5.75 Å². The number of carbonyl (C=O) groups is 1. The van der Waals surface area contributed by atoms with Crippen LogP contribution in [0.25, 0.3) is 0 Å². The molecule has 0 heterocycles. The van der Waals surface area contributed by atoms with Crippen molar-refractivity contribution in [3.05, 3.63) is 29.3 Å². The maximum atomic E-state index is 11.2. The average molecular weight is 243 g/mol. The molecule has 0 radical (unpaired) electrons. The zero-order chi connectivity index (χ0) is 12.0. The summed E-state index contributed by atoms with van der Waals surface area (Å²) >= 11 is 5.72. The van der Waals surface area contributed by atoms with E-state index in [-0.39, 0.29) is 18.8 Å². The van der Waals surface area contributed by atoms with Crippen LogP contribution in [0.2, 0.25) is 5.02 Å². The van der Waals surface area contributed by atoms with Gasteiger partial charge in [0.05, 0.1) is 0 Å². The lowest BCUT2D eigenvalue weighted by molar-refractivity contribution is 0.222. The first kappa shape index (κ1) is 12.6. The van der Waals surface area contributed by atoms with Gasteiger partial charge in [0.1, 0.15) is 5.75 Å². The van der Waals surface area contributed by atoms with Crippen LogP contribution in [-0.2, 0) is 0 Å². The SMILES string of the molecule is CC(C)NC(=O)NCOc1ccc(Cl)cc1. The van der Waals surface area contributed by atoms with Gasteiger partial charge in [-0.15, -0.1) is 0 Å². The van der Waals surface area contributed by atoms with Gasteiger partial charge in [0.25, 0.3) is 0 Å². The molecule has 0 aliphatic carbocycles. The molecule has 4 nitrogen and oxygen atoms in total. The monoisotopic (exact) mass is 242 g/mol. The van der Waals surface area contributed by atoms with Gasteiger partial charge in [0, 0.05) is 11.1 Å². The van der Waals surface area contributed by atoms with Crippen LogP contribution in [0.4, 0.5) is 4.79 Å². The number of carbonyl (C=O) groups excluding carboxylic acids is 1. The number of benzene rings is 1. The highest BCUT2D eigenvalue weighted by atomic mass is 35.5. The second-order valence-electron chi connectivity index (χ2n) is 3.55. The van der Waals surface area contributed by atoms with E-state index in [0.29, 0.717) is 10.8 Å². The van der Waals surface area contributed by atoms with Gasteiger partial charge in [0.15, 0.2) is 6.73 Å². The summed E-state index contributed by atoms with van der Waals surface area (Å²) in [7, 11) is 0. The van der Waals surface area contributed by atoms with Gasteiger partial charge < -0.3 is 15.4 Å². The van der Waals surface area contributed by atoms with Crippen molar-refractivity contribution in [1.82, 2.24) is 10.6 Å². The molecule has 16 heavy (non-hydrogen) atoms. The number of hydrogen-bond acceptors (Lipinski definition) is 2. The van der Waals surface area contributed by atoms with Crippen molar-refractivity contribution in [3.63, 3.8) is 0 Å². The van der Waals surface area contributed by atoms with Crippen molar-refractivity contribution in [2.24, 2.45) is 0 Å². The number of amides is 2. The maximum Gasteiger partial charge on any atom is 0.317 e. The zero-order valence-electron chi connectivity index (χ0n) is 9.29.